The molecule has 1 saturated heterocycles. The van der Waals surface area contributed by atoms with Crippen LogP contribution in [0.25, 0.3) is 10.6 Å². The van der Waals surface area contributed by atoms with Crippen LogP contribution in [0.4, 0.5) is 4.39 Å². The monoisotopic (exact) mass is 345 g/mol. The van der Waals surface area contributed by atoms with Crippen molar-refractivity contribution in [2.24, 2.45) is 0 Å². The smallest absolute Gasteiger partial charge is 0.273 e. The fraction of sp³-hybridized carbons (Fsp3) is 0.353. The number of aromatic nitrogens is 1. The largest absolute Gasteiger partial charge is 0.336 e. The van der Waals surface area contributed by atoms with Crippen LogP contribution < -0.4 is 0 Å². The van der Waals surface area contributed by atoms with Crippen molar-refractivity contribution in [3.05, 3.63) is 41.2 Å². The molecule has 2 fully saturated rings. The van der Waals surface area contributed by atoms with Crippen LogP contribution in [0.2, 0.25) is 0 Å². The van der Waals surface area contributed by atoms with Crippen molar-refractivity contribution < 1.29 is 14.0 Å². The molecule has 0 radical (unpaired) electrons. The first kappa shape index (κ1) is 15.3. The van der Waals surface area contributed by atoms with Gasteiger partial charge in [-0.15, -0.1) is 11.3 Å². The van der Waals surface area contributed by atoms with Crippen molar-refractivity contribution in [2.45, 2.75) is 18.9 Å². The number of carbonyl (C=O) groups is 2. The Balaban J connectivity index is 1.47. The summed E-state index contributed by atoms with van der Waals surface area (Å²) < 4.78 is 13.0. The molecule has 1 saturated carbocycles. The van der Waals surface area contributed by atoms with Crippen molar-refractivity contribution in [3.63, 3.8) is 0 Å². The molecule has 5 nitrogen and oxygen atoms in total. The van der Waals surface area contributed by atoms with Gasteiger partial charge in [-0.25, -0.2) is 9.37 Å². The molecule has 0 spiro atoms. The van der Waals surface area contributed by atoms with E-state index in [1.54, 1.807) is 22.4 Å². The van der Waals surface area contributed by atoms with Gasteiger partial charge in [0.15, 0.2) is 0 Å². The van der Waals surface area contributed by atoms with Gasteiger partial charge in [-0.2, -0.15) is 0 Å². The molecular formula is C17H16FN3O2S. The molecule has 4 rings (SSSR count). The lowest BCUT2D eigenvalue weighted by Crippen LogP contribution is -2.52. The Hall–Kier alpha value is -2.28. The molecule has 7 heteroatoms. The van der Waals surface area contributed by atoms with E-state index in [2.05, 4.69) is 4.98 Å². The van der Waals surface area contributed by atoms with Crippen LogP contribution in [0, 0.1) is 5.82 Å². The third-order valence-corrected chi connectivity index (χ3v) is 5.24. The minimum atomic E-state index is -0.307. The fourth-order valence-electron chi connectivity index (χ4n) is 2.89. The van der Waals surface area contributed by atoms with Crippen molar-refractivity contribution in [1.82, 2.24) is 14.8 Å². The number of carbonyl (C=O) groups excluding carboxylic acids is 2. The molecule has 0 N–H and O–H groups in total. The molecule has 2 heterocycles. The summed E-state index contributed by atoms with van der Waals surface area (Å²) in [6, 6.07) is 6.40. The maximum atomic E-state index is 13.0. The molecule has 0 atom stereocenters. The van der Waals surface area contributed by atoms with Crippen LogP contribution in [-0.4, -0.2) is 52.3 Å². The number of thiazole rings is 1. The van der Waals surface area contributed by atoms with E-state index in [1.165, 1.54) is 23.5 Å². The average molecular weight is 345 g/mol. The van der Waals surface area contributed by atoms with Gasteiger partial charge in [0, 0.05) is 30.1 Å². The average Bonchev–Trinajstić information content (AvgIpc) is 3.31. The maximum Gasteiger partial charge on any atom is 0.273 e. The maximum absolute atomic E-state index is 13.0. The number of piperazine rings is 1. The van der Waals surface area contributed by atoms with Gasteiger partial charge >= 0.3 is 0 Å². The zero-order valence-electron chi connectivity index (χ0n) is 12.9. The van der Waals surface area contributed by atoms with Gasteiger partial charge < -0.3 is 9.80 Å². The zero-order chi connectivity index (χ0) is 16.7. The summed E-state index contributed by atoms with van der Waals surface area (Å²) in [6.07, 6.45) is 2.15. The molecule has 2 aromatic rings. The van der Waals surface area contributed by atoms with E-state index in [-0.39, 0.29) is 24.2 Å². The van der Waals surface area contributed by atoms with E-state index in [1.807, 2.05) is 4.90 Å². The SMILES string of the molecule is O=C(c1csc(-c2ccc(F)cc2)n1)N1CCN(C2CC2)C(=O)C1. The second kappa shape index (κ2) is 5.98. The van der Waals surface area contributed by atoms with E-state index in [4.69, 9.17) is 0 Å². The van der Waals surface area contributed by atoms with Gasteiger partial charge in [0.1, 0.15) is 23.1 Å². The highest BCUT2D eigenvalue weighted by molar-refractivity contribution is 7.13. The summed E-state index contributed by atoms with van der Waals surface area (Å²) in [6.45, 7) is 1.27. The topological polar surface area (TPSA) is 53.5 Å². The Kier molecular flexibility index (Phi) is 3.80. The van der Waals surface area contributed by atoms with E-state index >= 15 is 0 Å². The van der Waals surface area contributed by atoms with Crippen molar-refractivity contribution in [2.75, 3.05) is 19.6 Å². The molecular weight excluding hydrogens is 329 g/mol. The zero-order valence-corrected chi connectivity index (χ0v) is 13.8. The van der Waals surface area contributed by atoms with E-state index in [0.717, 1.165) is 18.4 Å². The molecule has 0 unspecified atom stereocenters. The first-order chi connectivity index (χ1) is 11.6. The van der Waals surface area contributed by atoms with E-state index in [0.29, 0.717) is 29.8 Å². The molecule has 1 aromatic carbocycles. The van der Waals surface area contributed by atoms with Gasteiger partial charge in [-0.1, -0.05) is 0 Å². The summed E-state index contributed by atoms with van der Waals surface area (Å²) in [4.78, 5) is 32.5. The van der Waals surface area contributed by atoms with Crippen molar-refractivity contribution >= 4 is 23.2 Å². The lowest BCUT2D eigenvalue weighted by molar-refractivity contribution is -0.135. The molecule has 2 aliphatic rings. The summed E-state index contributed by atoms with van der Waals surface area (Å²) in [5, 5.41) is 2.36. The minimum absolute atomic E-state index is 0.0195. The summed E-state index contributed by atoms with van der Waals surface area (Å²) in [5.41, 5.74) is 1.11. The van der Waals surface area contributed by atoms with Crippen molar-refractivity contribution in [1.29, 1.82) is 0 Å². The first-order valence-electron chi connectivity index (χ1n) is 7.92. The standard InChI is InChI=1S/C17H16FN3O2S/c18-12-3-1-11(2-4-12)16-19-14(10-24-16)17(23)20-7-8-21(13-5-6-13)15(22)9-20/h1-4,10,13H,5-9H2. The Morgan fingerprint density at radius 1 is 1.21 bits per heavy atom. The number of hydrogen-bond acceptors (Lipinski definition) is 4. The number of rotatable bonds is 3. The number of amides is 2. The predicted molar refractivity (Wildman–Crippen MR) is 88.1 cm³/mol. The van der Waals surface area contributed by atoms with Gasteiger partial charge in [-0.3, -0.25) is 9.59 Å². The van der Waals surface area contributed by atoms with E-state index < -0.39 is 0 Å². The second-order valence-corrected chi connectivity index (χ2v) is 6.95. The van der Waals surface area contributed by atoms with Crippen LogP contribution in [-0.2, 0) is 4.79 Å². The molecule has 0 bridgehead atoms. The van der Waals surface area contributed by atoms with Gasteiger partial charge in [-0.05, 0) is 37.1 Å². The van der Waals surface area contributed by atoms with Gasteiger partial charge in [0.25, 0.3) is 5.91 Å². The third kappa shape index (κ3) is 2.91. The Labute approximate surface area is 142 Å². The van der Waals surface area contributed by atoms with Crippen LogP contribution in [0.3, 0.4) is 0 Å². The number of nitrogens with zero attached hydrogens (tertiary/aromatic N) is 3. The summed E-state index contributed by atoms with van der Waals surface area (Å²) in [5.74, 6) is -0.506. The normalized spacial score (nSPS) is 18.1. The van der Waals surface area contributed by atoms with Crippen LogP contribution in [0.15, 0.2) is 29.6 Å². The van der Waals surface area contributed by atoms with Crippen LogP contribution in [0.1, 0.15) is 23.3 Å². The first-order valence-corrected chi connectivity index (χ1v) is 8.80. The summed E-state index contributed by atoms with van der Waals surface area (Å²) >= 11 is 1.34. The molecule has 1 aliphatic heterocycles. The molecule has 124 valence electrons. The molecule has 2 amide bonds. The lowest BCUT2D eigenvalue weighted by atomic mass is 10.2. The minimum Gasteiger partial charge on any atom is -0.336 e. The molecule has 1 aliphatic carbocycles. The molecule has 24 heavy (non-hydrogen) atoms. The van der Waals surface area contributed by atoms with E-state index in [9.17, 15) is 14.0 Å². The Morgan fingerprint density at radius 2 is 1.96 bits per heavy atom. The predicted octanol–water partition coefficient (Wildman–Crippen LogP) is 2.40. The highest BCUT2D eigenvalue weighted by Crippen LogP contribution is 2.29. The lowest BCUT2D eigenvalue weighted by Gasteiger charge is -2.34. The number of halogens is 1. The highest BCUT2D eigenvalue weighted by atomic mass is 32.1. The van der Waals surface area contributed by atoms with Gasteiger partial charge in [0.2, 0.25) is 5.91 Å². The van der Waals surface area contributed by atoms with Crippen LogP contribution >= 0.6 is 11.3 Å². The third-order valence-electron chi connectivity index (χ3n) is 4.35. The highest BCUT2D eigenvalue weighted by Gasteiger charge is 2.37. The second-order valence-electron chi connectivity index (χ2n) is 6.09. The van der Waals surface area contributed by atoms with Gasteiger partial charge in [0.05, 0.1) is 0 Å². The summed E-state index contributed by atoms with van der Waals surface area (Å²) in [7, 11) is 0. The quantitative estimate of drug-likeness (QED) is 0.858. The number of benzene rings is 1. The Bertz CT molecular complexity index is 785. The Morgan fingerprint density at radius 3 is 2.62 bits per heavy atom. The molecule has 1 aromatic heterocycles. The number of hydrogen-bond donors (Lipinski definition) is 0. The van der Waals surface area contributed by atoms with Crippen LogP contribution in [0.5, 0.6) is 0 Å². The van der Waals surface area contributed by atoms with Crippen molar-refractivity contribution in [3.8, 4) is 10.6 Å². The fourth-order valence-corrected chi connectivity index (χ4v) is 3.69.